The summed E-state index contributed by atoms with van der Waals surface area (Å²) in [4.78, 5) is 0. The van der Waals surface area contributed by atoms with Crippen molar-refractivity contribution in [3.8, 4) is 0 Å². The van der Waals surface area contributed by atoms with Gasteiger partial charge in [0.1, 0.15) is 0 Å². The van der Waals surface area contributed by atoms with Crippen molar-refractivity contribution < 1.29 is 5.11 Å². The van der Waals surface area contributed by atoms with Gasteiger partial charge >= 0.3 is 0 Å². The minimum Gasteiger partial charge on any atom is -0.393 e. The Bertz CT molecular complexity index is 95.3. The predicted molar refractivity (Wildman–Crippen MR) is 41.9 cm³/mol. The first kappa shape index (κ1) is 8.02. The van der Waals surface area contributed by atoms with Gasteiger partial charge in [-0.05, 0) is 31.7 Å². The summed E-state index contributed by atoms with van der Waals surface area (Å²) in [5, 5.41) is 12.8. The lowest BCUT2D eigenvalue weighted by atomic mass is 9.98. The second kappa shape index (κ2) is 3.94. The molecule has 0 aromatic carbocycles. The van der Waals surface area contributed by atoms with E-state index in [-0.39, 0.29) is 6.10 Å². The van der Waals surface area contributed by atoms with Gasteiger partial charge < -0.3 is 10.4 Å². The van der Waals surface area contributed by atoms with Crippen molar-refractivity contribution in [2.24, 2.45) is 5.92 Å². The molecule has 0 aromatic heterocycles. The molecule has 0 unspecified atom stereocenters. The summed E-state index contributed by atoms with van der Waals surface area (Å²) >= 11 is 0. The predicted octanol–water partition coefficient (Wildman–Crippen LogP) is 0.757. The van der Waals surface area contributed by atoms with Crippen molar-refractivity contribution in [1.82, 2.24) is 5.32 Å². The van der Waals surface area contributed by atoms with Gasteiger partial charge in [0.25, 0.3) is 0 Å². The normalized spacial score (nSPS) is 35.4. The van der Waals surface area contributed by atoms with Crippen LogP contribution in [0.2, 0.25) is 0 Å². The number of aliphatic hydroxyl groups is 1. The Morgan fingerprint density at radius 2 is 2.40 bits per heavy atom. The fraction of sp³-hybridized carbons (Fsp3) is 1.00. The van der Waals surface area contributed by atoms with E-state index in [0.29, 0.717) is 5.92 Å². The molecule has 0 aromatic rings. The molecule has 0 radical (unpaired) electrons. The zero-order valence-electron chi connectivity index (χ0n) is 6.64. The second-order valence-electron chi connectivity index (χ2n) is 3.08. The average Bonchev–Trinajstić information content (AvgIpc) is 2.13. The molecule has 1 rings (SSSR count). The molecule has 2 heteroatoms. The lowest BCUT2D eigenvalue weighted by molar-refractivity contribution is 0.104. The van der Waals surface area contributed by atoms with Crippen LogP contribution in [0, 0.1) is 5.92 Å². The van der Waals surface area contributed by atoms with Crippen LogP contribution in [0.1, 0.15) is 26.2 Å². The smallest absolute Gasteiger partial charge is 0.0580 e. The highest BCUT2D eigenvalue weighted by Gasteiger charge is 2.18. The minimum absolute atomic E-state index is 0.0556. The third kappa shape index (κ3) is 1.96. The first-order valence-corrected chi connectivity index (χ1v) is 4.23. The third-order valence-corrected chi connectivity index (χ3v) is 2.33. The van der Waals surface area contributed by atoms with Crippen LogP contribution in [0.4, 0.5) is 0 Å². The monoisotopic (exact) mass is 143 g/mol. The molecule has 2 atom stereocenters. The Kier molecular flexibility index (Phi) is 3.16. The van der Waals surface area contributed by atoms with Crippen LogP contribution in [0.25, 0.3) is 0 Å². The molecule has 0 aliphatic carbocycles. The summed E-state index contributed by atoms with van der Waals surface area (Å²) in [6.45, 7) is 4.21. The maximum Gasteiger partial charge on any atom is 0.0580 e. The molecule has 60 valence electrons. The number of aliphatic hydroxyl groups excluding tert-OH is 1. The molecule has 0 spiro atoms. The standard InChI is InChI=1S/C8H17NO/c1-2-7-6-9-5-3-4-8(7)10/h7-10H,2-6H2,1H3/t7-,8-/m1/s1. The van der Waals surface area contributed by atoms with Gasteiger partial charge in [-0.1, -0.05) is 6.92 Å². The van der Waals surface area contributed by atoms with E-state index in [1.54, 1.807) is 0 Å². The molecule has 0 saturated carbocycles. The molecular formula is C8H17NO. The molecule has 2 N–H and O–H groups in total. The van der Waals surface area contributed by atoms with E-state index >= 15 is 0 Å². The van der Waals surface area contributed by atoms with Gasteiger partial charge in [0.15, 0.2) is 0 Å². The third-order valence-electron chi connectivity index (χ3n) is 2.33. The van der Waals surface area contributed by atoms with E-state index in [1.807, 2.05) is 0 Å². The quantitative estimate of drug-likeness (QED) is 0.568. The Morgan fingerprint density at radius 3 is 3.10 bits per heavy atom. The van der Waals surface area contributed by atoms with Crippen molar-refractivity contribution in [2.75, 3.05) is 13.1 Å². The number of hydrogen-bond donors (Lipinski definition) is 2. The summed E-state index contributed by atoms with van der Waals surface area (Å²) < 4.78 is 0. The largest absolute Gasteiger partial charge is 0.393 e. The van der Waals surface area contributed by atoms with Gasteiger partial charge in [-0.2, -0.15) is 0 Å². The maximum atomic E-state index is 9.51. The van der Waals surface area contributed by atoms with Crippen LogP contribution in [0.15, 0.2) is 0 Å². The highest BCUT2D eigenvalue weighted by molar-refractivity contribution is 4.73. The molecule has 2 nitrogen and oxygen atoms in total. The molecule has 0 amide bonds. The van der Waals surface area contributed by atoms with Crippen LogP contribution in [0.5, 0.6) is 0 Å². The summed E-state index contributed by atoms with van der Waals surface area (Å²) in [7, 11) is 0. The molecule has 0 bridgehead atoms. The lowest BCUT2D eigenvalue weighted by Crippen LogP contribution is -2.26. The summed E-state index contributed by atoms with van der Waals surface area (Å²) in [6.07, 6.45) is 3.14. The van der Waals surface area contributed by atoms with Gasteiger partial charge in [-0.3, -0.25) is 0 Å². The van der Waals surface area contributed by atoms with Crippen LogP contribution in [-0.4, -0.2) is 24.3 Å². The Hall–Kier alpha value is -0.0800. The summed E-state index contributed by atoms with van der Waals surface area (Å²) in [6, 6.07) is 0. The molecule has 1 aliphatic heterocycles. The zero-order chi connectivity index (χ0) is 7.40. The van der Waals surface area contributed by atoms with Gasteiger partial charge in [-0.15, -0.1) is 0 Å². The number of nitrogens with one attached hydrogen (secondary N) is 1. The van der Waals surface area contributed by atoms with Crippen molar-refractivity contribution in [2.45, 2.75) is 32.3 Å². The number of hydrogen-bond acceptors (Lipinski definition) is 2. The Morgan fingerprint density at radius 1 is 1.60 bits per heavy atom. The van der Waals surface area contributed by atoms with Crippen LogP contribution >= 0.6 is 0 Å². The van der Waals surface area contributed by atoms with Gasteiger partial charge in [0, 0.05) is 6.54 Å². The average molecular weight is 143 g/mol. The van der Waals surface area contributed by atoms with Crippen molar-refractivity contribution in [1.29, 1.82) is 0 Å². The van der Waals surface area contributed by atoms with Gasteiger partial charge in [0.2, 0.25) is 0 Å². The fourth-order valence-corrected chi connectivity index (χ4v) is 1.51. The minimum atomic E-state index is -0.0556. The van der Waals surface area contributed by atoms with Gasteiger partial charge in [0.05, 0.1) is 6.10 Å². The van der Waals surface area contributed by atoms with E-state index in [4.69, 9.17) is 0 Å². The van der Waals surface area contributed by atoms with Crippen molar-refractivity contribution >= 4 is 0 Å². The van der Waals surface area contributed by atoms with Crippen LogP contribution in [-0.2, 0) is 0 Å². The van der Waals surface area contributed by atoms with E-state index < -0.39 is 0 Å². The Balaban J connectivity index is 2.35. The first-order valence-electron chi connectivity index (χ1n) is 4.23. The molecule has 1 saturated heterocycles. The molecule has 1 fully saturated rings. The van der Waals surface area contributed by atoms with Crippen LogP contribution < -0.4 is 5.32 Å². The SMILES string of the molecule is CC[C@@H]1CNCCC[C@H]1O. The highest BCUT2D eigenvalue weighted by Crippen LogP contribution is 2.14. The summed E-state index contributed by atoms with van der Waals surface area (Å²) in [5.41, 5.74) is 0. The van der Waals surface area contributed by atoms with Gasteiger partial charge in [-0.25, -0.2) is 0 Å². The van der Waals surface area contributed by atoms with E-state index in [9.17, 15) is 5.11 Å². The zero-order valence-corrected chi connectivity index (χ0v) is 6.64. The maximum absolute atomic E-state index is 9.51. The van der Waals surface area contributed by atoms with E-state index in [0.717, 1.165) is 32.4 Å². The molecular weight excluding hydrogens is 126 g/mol. The summed E-state index contributed by atoms with van der Waals surface area (Å²) in [5.74, 6) is 0.488. The Labute approximate surface area is 62.6 Å². The van der Waals surface area contributed by atoms with E-state index in [2.05, 4.69) is 12.2 Å². The van der Waals surface area contributed by atoms with Crippen molar-refractivity contribution in [3.05, 3.63) is 0 Å². The van der Waals surface area contributed by atoms with E-state index in [1.165, 1.54) is 0 Å². The highest BCUT2D eigenvalue weighted by atomic mass is 16.3. The molecule has 1 aliphatic rings. The first-order chi connectivity index (χ1) is 4.84. The van der Waals surface area contributed by atoms with Crippen LogP contribution in [0.3, 0.4) is 0 Å². The molecule has 1 heterocycles. The lowest BCUT2D eigenvalue weighted by Gasteiger charge is -2.17. The topological polar surface area (TPSA) is 32.3 Å². The second-order valence-corrected chi connectivity index (χ2v) is 3.08. The van der Waals surface area contributed by atoms with Crippen molar-refractivity contribution in [3.63, 3.8) is 0 Å². The fourth-order valence-electron chi connectivity index (χ4n) is 1.51. The molecule has 10 heavy (non-hydrogen) atoms. The number of rotatable bonds is 1.